The summed E-state index contributed by atoms with van der Waals surface area (Å²) in [4.78, 5) is 2.42. The number of benzene rings is 9. The van der Waals surface area contributed by atoms with Gasteiger partial charge in [0.2, 0.25) is 0 Å². The Bertz CT molecular complexity index is 2850. The molecule has 0 fully saturated rings. The molecule has 50 heavy (non-hydrogen) atoms. The second-order valence-electron chi connectivity index (χ2n) is 12.9. The molecule has 0 unspecified atom stereocenters. The largest absolute Gasteiger partial charge is 0.310 e. The van der Waals surface area contributed by atoms with Gasteiger partial charge in [-0.2, -0.15) is 0 Å². The van der Waals surface area contributed by atoms with Crippen LogP contribution in [-0.2, 0) is 0 Å². The molecule has 0 aliphatic rings. The molecular weight excluding hydrogens is 605 g/mol. The highest BCUT2D eigenvalue weighted by Gasteiger charge is 2.21. The van der Waals surface area contributed by atoms with E-state index < -0.39 is 0 Å². The quantitative estimate of drug-likeness (QED) is 0.171. The van der Waals surface area contributed by atoms with Gasteiger partial charge in [-0.3, -0.25) is 0 Å². The van der Waals surface area contributed by atoms with Crippen molar-refractivity contribution in [3.05, 3.63) is 194 Å². The van der Waals surface area contributed by atoms with Gasteiger partial charge < -0.3 is 9.47 Å². The SMILES string of the molecule is c1ccc(-c2cc3ccccc3c3c2ccc2cc(N(c4ccccc4)c4cccc5c4c4ccccc4n5-c4ccccc4)ccc23)cc1. The number of fused-ring (bicyclic) bond motifs is 8. The summed E-state index contributed by atoms with van der Waals surface area (Å²) in [6.45, 7) is 0. The molecule has 0 saturated heterocycles. The third-order valence-electron chi connectivity index (χ3n) is 10.1. The average Bonchev–Trinajstić information content (AvgIpc) is 3.53. The van der Waals surface area contributed by atoms with E-state index in [-0.39, 0.29) is 0 Å². The van der Waals surface area contributed by atoms with Crippen LogP contribution in [0.25, 0.3) is 70.9 Å². The lowest BCUT2D eigenvalue weighted by atomic mass is 9.90. The number of hydrogen-bond donors (Lipinski definition) is 0. The first-order chi connectivity index (χ1) is 24.8. The van der Waals surface area contributed by atoms with Crippen molar-refractivity contribution in [3.8, 4) is 16.8 Å². The Balaban J connectivity index is 1.25. The van der Waals surface area contributed by atoms with Gasteiger partial charge in [-0.25, -0.2) is 0 Å². The molecule has 234 valence electrons. The Kier molecular flexibility index (Phi) is 6.53. The third-order valence-corrected chi connectivity index (χ3v) is 10.1. The second kappa shape index (κ2) is 11.5. The molecule has 0 aliphatic carbocycles. The first-order valence-corrected chi connectivity index (χ1v) is 17.2. The first kappa shape index (κ1) is 28.4. The van der Waals surface area contributed by atoms with Crippen LogP contribution >= 0.6 is 0 Å². The van der Waals surface area contributed by atoms with Crippen molar-refractivity contribution in [2.75, 3.05) is 4.90 Å². The van der Waals surface area contributed by atoms with E-state index >= 15 is 0 Å². The summed E-state index contributed by atoms with van der Waals surface area (Å²) in [5.74, 6) is 0. The van der Waals surface area contributed by atoms with E-state index in [9.17, 15) is 0 Å². The molecule has 10 rings (SSSR count). The molecule has 0 saturated carbocycles. The van der Waals surface area contributed by atoms with Gasteiger partial charge in [0.15, 0.2) is 0 Å². The van der Waals surface area contributed by atoms with Crippen LogP contribution in [0.15, 0.2) is 194 Å². The van der Waals surface area contributed by atoms with Crippen LogP contribution in [0.1, 0.15) is 0 Å². The van der Waals surface area contributed by atoms with Crippen molar-refractivity contribution in [1.29, 1.82) is 0 Å². The molecule has 0 spiro atoms. The van der Waals surface area contributed by atoms with Crippen LogP contribution in [0.2, 0.25) is 0 Å². The summed E-state index contributed by atoms with van der Waals surface area (Å²) in [5, 5.41) is 10.0. The molecule has 1 aromatic heterocycles. The molecule has 0 atom stereocenters. The fraction of sp³-hybridized carbons (Fsp3) is 0. The predicted molar refractivity (Wildman–Crippen MR) is 213 cm³/mol. The molecule has 0 amide bonds. The lowest BCUT2D eigenvalue weighted by molar-refractivity contribution is 1.18. The zero-order valence-corrected chi connectivity index (χ0v) is 27.4. The van der Waals surface area contributed by atoms with E-state index in [4.69, 9.17) is 0 Å². The van der Waals surface area contributed by atoms with Crippen LogP contribution in [0, 0.1) is 0 Å². The van der Waals surface area contributed by atoms with E-state index in [2.05, 4.69) is 204 Å². The topological polar surface area (TPSA) is 8.17 Å². The van der Waals surface area contributed by atoms with Crippen LogP contribution in [0.5, 0.6) is 0 Å². The normalized spacial score (nSPS) is 11.6. The van der Waals surface area contributed by atoms with Gasteiger partial charge in [0, 0.05) is 27.8 Å². The van der Waals surface area contributed by atoms with Gasteiger partial charge in [0.1, 0.15) is 0 Å². The number of hydrogen-bond acceptors (Lipinski definition) is 1. The van der Waals surface area contributed by atoms with Gasteiger partial charge in [0.05, 0.1) is 16.7 Å². The zero-order valence-electron chi connectivity index (χ0n) is 27.4. The van der Waals surface area contributed by atoms with E-state index in [1.807, 2.05) is 0 Å². The van der Waals surface area contributed by atoms with Crippen molar-refractivity contribution < 1.29 is 0 Å². The fourth-order valence-electron chi connectivity index (χ4n) is 7.96. The molecule has 10 aromatic rings. The van der Waals surface area contributed by atoms with E-state index in [1.54, 1.807) is 0 Å². The van der Waals surface area contributed by atoms with Gasteiger partial charge in [-0.1, -0.05) is 133 Å². The highest BCUT2D eigenvalue weighted by Crippen LogP contribution is 2.45. The molecule has 0 radical (unpaired) electrons. The third kappa shape index (κ3) is 4.43. The standard InChI is InChI=1S/C48H32N2/c1-4-15-33(16-5-1)43-32-34-17-10-11-22-39(34)47-40-30-28-38(31-35(40)27-29-41(43)47)49(36-18-6-2-7-19-36)45-25-14-26-46-48(45)42-23-12-13-24-44(42)50(46)37-20-8-3-9-21-37/h1-32H. The Morgan fingerprint density at radius 2 is 0.980 bits per heavy atom. The monoisotopic (exact) mass is 636 g/mol. The molecule has 1 heterocycles. The Hall–Kier alpha value is -6.64. The summed E-state index contributed by atoms with van der Waals surface area (Å²) in [6.07, 6.45) is 0. The molecule has 0 bridgehead atoms. The second-order valence-corrected chi connectivity index (χ2v) is 12.9. The van der Waals surface area contributed by atoms with Gasteiger partial charge in [-0.05, 0) is 104 Å². The van der Waals surface area contributed by atoms with Crippen molar-refractivity contribution in [1.82, 2.24) is 4.57 Å². The minimum Gasteiger partial charge on any atom is -0.310 e. The maximum Gasteiger partial charge on any atom is 0.0562 e. The number of anilines is 3. The Morgan fingerprint density at radius 1 is 0.360 bits per heavy atom. The average molecular weight is 637 g/mol. The molecule has 0 N–H and O–H groups in total. The van der Waals surface area contributed by atoms with Crippen LogP contribution < -0.4 is 4.90 Å². The summed E-state index contributed by atoms with van der Waals surface area (Å²) in [7, 11) is 0. The molecule has 9 aromatic carbocycles. The zero-order chi connectivity index (χ0) is 33.0. The lowest BCUT2D eigenvalue weighted by Gasteiger charge is -2.27. The highest BCUT2D eigenvalue weighted by molar-refractivity contribution is 6.24. The Labute approximate surface area is 290 Å². The number of nitrogens with zero attached hydrogens (tertiary/aromatic N) is 2. The smallest absolute Gasteiger partial charge is 0.0562 e. The van der Waals surface area contributed by atoms with E-state index in [0.29, 0.717) is 0 Å². The minimum absolute atomic E-state index is 1.12. The molecule has 2 heteroatoms. The van der Waals surface area contributed by atoms with Crippen molar-refractivity contribution in [2.45, 2.75) is 0 Å². The van der Waals surface area contributed by atoms with Gasteiger partial charge in [-0.15, -0.1) is 0 Å². The highest BCUT2D eigenvalue weighted by atomic mass is 15.1. The Morgan fingerprint density at radius 3 is 1.80 bits per heavy atom. The maximum atomic E-state index is 2.42. The van der Waals surface area contributed by atoms with Crippen LogP contribution in [-0.4, -0.2) is 4.57 Å². The molecular formula is C48H32N2. The van der Waals surface area contributed by atoms with Crippen molar-refractivity contribution >= 4 is 71.2 Å². The van der Waals surface area contributed by atoms with Crippen molar-refractivity contribution in [3.63, 3.8) is 0 Å². The predicted octanol–water partition coefficient (Wildman–Crippen LogP) is 13.4. The van der Waals surface area contributed by atoms with Crippen LogP contribution in [0.4, 0.5) is 17.1 Å². The first-order valence-electron chi connectivity index (χ1n) is 17.2. The number of aromatic nitrogens is 1. The molecule has 0 aliphatic heterocycles. The number of para-hydroxylation sites is 3. The van der Waals surface area contributed by atoms with Gasteiger partial charge in [0.25, 0.3) is 0 Å². The van der Waals surface area contributed by atoms with Crippen molar-refractivity contribution in [2.24, 2.45) is 0 Å². The number of rotatable bonds is 5. The van der Waals surface area contributed by atoms with E-state index in [0.717, 1.165) is 22.7 Å². The maximum absolute atomic E-state index is 2.42. The molecule has 2 nitrogen and oxygen atoms in total. The lowest BCUT2D eigenvalue weighted by Crippen LogP contribution is -2.10. The summed E-state index contributed by atoms with van der Waals surface area (Å²) < 4.78 is 2.39. The fourth-order valence-corrected chi connectivity index (χ4v) is 7.96. The van der Waals surface area contributed by atoms with Gasteiger partial charge >= 0.3 is 0 Å². The van der Waals surface area contributed by atoms with Crippen LogP contribution in [0.3, 0.4) is 0 Å². The summed E-state index contributed by atoms with van der Waals surface area (Å²) >= 11 is 0. The van der Waals surface area contributed by atoms with E-state index in [1.165, 1.54) is 65.3 Å². The summed E-state index contributed by atoms with van der Waals surface area (Å²) in [6, 6.07) is 70.4. The minimum atomic E-state index is 1.12. The summed E-state index contributed by atoms with van der Waals surface area (Å²) in [5.41, 5.74) is 9.42.